The molecule has 2 aromatic rings. The van der Waals surface area contributed by atoms with Crippen molar-refractivity contribution >= 4 is 11.8 Å². The minimum absolute atomic E-state index is 0.119. The molecule has 0 bridgehead atoms. The molecule has 5 heteroatoms. The summed E-state index contributed by atoms with van der Waals surface area (Å²) < 4.78 is 0. The lowest BCUT2D eigenvalue weighted by molar-refractivity contribution is -0.121. The number of rotatable bonds is 6. The minimum atomic E-state index is -0.239. The maximum Gasteiger partial charge on any atom is 0.251 e. The van der Waals surface area contributed by atoms with Crippen LogP contribution in [0.4, 0.5) is 0 Å². The van der Waals surface area contributed by atoms with E-state index in [1.807, 2.05) is 24.3 Å². The Morgan fingerprint density at radius 1 is 1.09 bits per heavy atom. The number of carbonyl (C=O) groups excluding carboxylic acids is 2. The van der Waals surface area contributed by atoms with Gasteiger partial charge in [-0.25, -0.2) is 0 Å². The molecule has 1 aromatic heterocycles. The summed E-state index contributed by atoms with van der Waals surface area (Å²) in [6.45, 7) is 2.19. The van der Waals surface area contributed by atoms with Crippen molar-refractivity contribution in [2.45, 2.75) is 25.9 Å². The molecule has 0 aliphatic heterocycles. The Morgan fingerprint density at radius 3 is 2.50 bits per heavy atom. The molecule has 1 heterocycles. The maximum absolute atomic E-state index is 12.0. The summed E-state index contributed by atoms with van der Waals surface area (Å²) in [6, 6.07) is 14.2. The molecule has 0 saturated heterocycles. The quantitative estimate of drug-likeness (QED) is 0.855. The van der Waals surface area contributed by atoms with E-state index in [1.165, 1.54) is 0 Å². The molecule has 0 fully saturated rings. The van der Waals surface area contributed by atoms with Gasteiger partial charge in [0.05, 0.1) is 12.2 Å². The van der Waals surface area contributed by atoms with E-state index in [-0.39, 0.29) is 24.3 Å². The third kappa shape index (κ3) is 5.01. The summed E-state index contributed by atoms with van der Waals surface area (Å²) in [4.78, 5) is 28.0. The lowest BCUT2D eigenvalue weighted by atomic mass is 10.1. The van der Waals surface area contributed by atoms with Crippen LogP contribution in [0.5, 0.6) is 0 Å². The van der Waals surface area contributed by atoms with Gasteiger partial charge in [0, 0.05) is 24.2 Å². The summed E-state index contributed by atoms with van der Waals surface area (Å²) >= 11 is 0. The largest absolute Gasteiger partial charge is 0.350 e. The van der Waals surface area contributed by atoms with Crippen LogP contribution in [0.25, 0.3) is 0 Å². The van der Waals surface area contributed by atoms with Gasteiger partial charge in [-0.1, -0.05) is 24.3 Å². The normalized spacial score (nSPS) is 11.5. The van der Waals surface area contributed by atoms with Gasteiger partial charge >= 0.3 is 0 Å². The topological polar surface area (TPSA) is 71.1 Å². The highest BCUT2D eigenvalue weighted by atomic mass is 16.2. The van der Waals surface area contributed by atoms with E-state index in [0.717, 1.165) is 5.69 Å². The standard InChI is InChI=1S/C17H19N3O2/c1-13(20-17(22)14-7-3-2-4-8-14)11-16(21)19-12-15-9-5-6-10-18-15/h2-10,13H,11-12H2,1H3,(H,19,21)(H,20,22). The van der Waals surface area contributed by atoms with Crippen LogP contribution in [0.2, 0.25) is 0 Å². The van der Waals surface area contributed by atoms with Gasteiger partial charge in [-0.3, -0.25) is 14.6 Å². The fourth-order valence-electron chi connectivity index (χ4n) is 1.99. The molecule has 114 valence electrons. The van der Waals surface area contributed by atoms with Gasteiger partial charge in [-0.05, 0) is 31.2 Å². The minimum Gasteiger partial charge on any atom is -0.350 e. The maximum atomic E-state index is 12.0. The summed E-state index contributed by atoms with van der Waals surface area (Å²) in [6.07, 6.45) is 1.91. The highest BCUT2D eigenvalue weighted by Gasteiger charge is 2.12. The zero-order chi connectivity index (χ0) is 15.8. The Hall–Kier alpha value is -2.69. The van der Waals surface area contributed by atoms with Crippen LogP contribution >= 0.6 is 0 Å². The van der Waals surface area contributed by atoms with E-state index in [4.69, 9.17) is 0 Å². The third-order valence-corrected chi connectivity index (χ3v) is 3.10. The molecular weight excluding hydrogens is 278 g/mol. The van der Waals surface area contributed by atoms with Crippen molar-refractivity contribution in [3.63, 3.8) is 0 Å². The molecule has 0 spiro atoms. The summed E-state index contributed by atoms with van der Waals surface area (Å²) in [5.41, 5.74) is 1.39. The first-order chi connectivity index (χ1) is 10.6. The smallest absolute Gasteiger partial charge is 0.251 e. The Balaban J connectivity index is 1.75. The van der Waals surface area contributed by atoms with Gasteiger partial charge < -0.3 is 10.6 Å². The van der Waals surface area contributed by atoms with Crippen molar-refractivity contribution in [2.75, 3.05) is 0 Å². The van der Waals surface area contributed by atoms with E-state index in [1.54, 1.807) is 37.4 Å². The summed E-state index contributed by atoms with van der Waals surface area (Å²) in [5.74, 6) is -0.294. The highest BCUT2D eigenvalue weighted by molar-refractivity contribution is 5.94. The van der Waals surface area contributed by atoms with Gasteiger partial charge in [0.25, 0.3) is 5.91 Å². The first-order valence-electron chi connectivity index (χ1n) is 7.17. The van der Waals surface area contributed by atoms with E-state index < -0.39 is 0 Å². The number of nitrogens with zero attached hydrogens (tertiary/aromatic N) is 1. The Morgan fingerprint density at radius 2 is 1.82 bits per heavy atom. The van der Waals surface area contributed by atoms with Crippen LogP contribution in [0.3, 0.4) is 0 Å². The number of benzene rings is 1. The van der Waals surface area contributed by atoms with Gasteiger partial charge in [0.15, 0.2) is 0 Å². The molecule has 0 saturated carbocycles. The molecule has 2 rings (SSSR count). The molecule has 22 heavy (non-hydrogen) atoms. The second-order valence-corrected chi connectivity index (χ2v) is 5.04. The Labute approximate surface area is 129 Å². The molecule has 5 nitrogen and oxygen atoms in total. The number of hydrogen-bond donors (Lipinski definition) is 2. The first-order valence-corrected chi connectivity index (χ1v) is 7.17. The van der Waals surface area contributed by atoms with Crippen molar-refractivity contribution < 1.29 is 9.59 Å². The third-order valence-electron chi connectivity index (χ3n) is 3.10. The van der Waals surface area contributed by atoms with Crippen LogP contribution < -0.4 is 10.6 Å². The Kier molecular flexibility index (Phi) is 5.65. The predicted molar refractivity (Wildman–Crippen MR) is 84.1 cm³/mol. The second kappa shape index (κ2) is 7.93. The van der Waals surface area contributed by atoms with Gasteiger partial charge in [0.1, 0.15) is 0 Å². The molecule has 1 aromatic carbocycles. The number of pyridine rings is 1. The molecular formula is C17H19N3O2. The average molecular weight is 297 g/mol. The Bertz CT molecular complexity index is 614. The molecule has 2 N–H and O–H groups in total. The van der Waals surface area contributed by atoms with Crippen molar-refractivity contribution in [2.24, 2.45) is 0 Å². The highest BCUT2D eigenvalue weighted by Crippen LogP contribution is 2.00. The predicted octanol–water partition coefficient (Wildman–Crippen LogP) is 1.91. The van der Waals surface area contributed by atoms with Gasteiger partial charge in [0.2, 0.25) is 5.91 Å². The van der Waals surface area contributed by atoms with Crippen molar-refractivity contribution in [3.8, 4) is 0 Å². The second-order valence-electron chi connectivity index (χ2n) is 5.04. The lowest BCUT2D eigenvalue weighted by Gasteiger charge is -2.13. The number of amides is 2. The van der Waals surface area contributed by atoms with Crippen LogP contribution in [0, 0.1) is 0 Å². The molecule has 0 aliphatic rings. The number of aromatic nitrogens is 1. The molecule has 2 amide bonds. The average Bonchev–Trinajstić information content (AvgIpc) is 2.54. The van der Waals surface area contributed by atoms with Crippen LogP contribution in [-0.4, -0.2) is 22.8 Å². The molecule has 1 unspecified atom stereocenters. The van der Waals surface area contributed by atoms with Crippen molar-refractivity contribution in [1.29, 1.82) is 0 Å². The number of nitrogens with one attached hydrogen (secondary N) is 2. The van der Waals surface area contributed by atoms with Crippen molar-refractivity contribution in [1.82, 2.24) is 15.6 Å². The van der Waals surface area contributed by atoms with Crippen LogP contribution in [0.1, 0.15) is 29.4 Å². The van der Waals surface area contributed by atoms with Crippen LogP contribution in [-0.2, 0) is 11.3 Å². The van der Waals surface area contributed by atoms with E-state index >= 15 is 0 Å². The number of hydrogen-bond acceptors (Lipinski definition) is 3. The van der Waals surface area contributed by atoms with Crippen molar-refractivity contribution in [3.05, 3.63) is 66.0 Å². The zero-order valence-corrected chi connectivity index (χ0v) is 12.5. The number of carbonyl (C=O) groups is 2. The van der Waals surface area contributed by atoms with Gasteiger partial charge in [-0.2, -0.15) is 0 Å². The fourth-order valence-corrected chi connectivity index (χ4v) is 1.99. The molecule has 0 aliphatic carbocycles. The molecule has 0 radical (unpaired) electrons. The first kappa shape index (κ1) is 15.7. The lowest BCUT2D eigenvalue weighted by Crippen LogP contribution is -2.37. The summed E-state index contributed by atoms with van der Waals surface area (Å²) in [5, 5.41) is 5.60. The van der Waals surface area contributed by atoms with Crippen LogP contribution in [0.15, 0.2) is 54.7 Å². The van der Waals surface area contributed by atoms with E-state index in [0.29, 0.717) is 12.1 Å². The monoisotopic (exact) mass is 297 g/mol. The van der Waals surface area contributed by atoms with E-state index in [9.17, 15) is 9.59 Å². The fraction of sp³-hybridized carbons (Fsp3) is 0.235. The molecule has 1 atom stereocenters. The van der Waals surface area contributed by atoms with E-state index in [2.05, 4.69) is 15.6 Å². The van der Waals surface area contributed by atoms with Gasteiger partial charge in [-0.15, -0.1) is 0 Å². The zero-order valence-electron chi connectivity index (χ0n) is 12.5. The summed E-state index contributed by atoms with van der Waals surface area (Å²) in [7, 11) is 0. The SMILES string of the molecule is CC(CC(=O)NCc1ccccn1)NC(=O)c1ccccc1.